The summed E-state index contributed by atoms with van der Waals surface area (Å²) in [7, 11) is 0. The minimum atomic E-state index is -0.556. The molecule has 0 aliphatic heterocycles. The molecular formula is C6H6N3O2. The molecule has 11 heavy (non-hydrogen) atoms. The maximum absolute atomic E-state index is 10.2. The second kappa shape index (κ2) is 2.96. The van der Waals surface area contributed by atoms with Gasteiger partial charge in [0.05, 0.1) is 6.54 Å². The molecule has 5 heteroatoms. The number of aromatic nitrogens is 2. The van der Waals surface area contributed by atoms with Crippen molar-refractivity contribution >= 4 is 5.95 Å². The fourth-order valence-electron chi connectivity index (χ4n) is 0.693. The first-order valence-electron chi connectivity index (χ1n) is 2.94. The van der Waals surface area contributed by atoms with Crippen molar-refractivity contribution in [1.82, 2.24) is 9.55 Å². The van der Waals surface area contributed by atoms with Crippen molar-refractivity contribution in [3.05, 3.63) is 35.2 Å². The smallest absolute Gasteiger partial charge is 0.390 e. The van der Waals surface area contributed by atoms with Gasteiger partial charge in [0.15, 0.2) is 6.20 Å². The maximum Gasteiger partial charge on any atom is 0.435 e. The maximum atomic E-state index is 10.2. The summed E-state index contributed by atoms with van der Waals surface area (Å²) in [4.78, 5) is 13.2. The lowest BCUT2D eigenvalue weighted by atomic mass is 10.6. The highest BCUT2D eigenvalue weighted by atomic mass is 16.6. The van der Waals surface area contributed by atoms with Crippen LogP contribution in [0.2, 0.25) is 0 Å². The fourth-order valence-corrected chi connectivity index (χ4v) is 0.693. The fraction of sp³-hybridized carbons (Fsp3) is 0.167. The number of nitro groups is 1. The molecule has 0 unspecified atom stereocenters. The lowest BCUT2D eigenvalue weighted by molar-refractivity contribution is -0.396. The SMILES string of the molecule is C=CCn1[c]cnc1[N+](=O)[O-]. The van der Waals surface area contributed by atoms with Crippen LogP contribution in [0.4, 0.5) is 5.95 Å². The van der Waals surface area contributed by atoms with Crippen molar-refractivity contribution in [1.29, 1.82) is 0 Å². The van der Waals surface area contributed by atoms with Crippen LogP contribution in [0.25, 0.3) is 0 Å². The molecule has 1 radical (unpaired) electrons. The van der Waals surface area contributed by atoms with Crippen molar-refractivity contribution in [2.75, 3.05) is 0 Å². The monoisotopic (exact) mass is 152 g/mol. The van der Waals surface area contributed by atoms with Gasteiger partial charge in [-0.1, -0.05) is 17.6 Å². The number of hydrogen-bond donors (Lipinski definition) is 0. The topological polar surface area (TPSA) is 61.0 Å². The van der Waals surface area contributed by atoms with Gasteiger partial charge in [-0.15, -0.1) is 0 Å². The molecule has 57 valence electrons. The summed E-state index contributed by atoms with van der Waals surface area (Å²) >= 11 is 0. The van der Waals surface area contributed by atoms with Crippen LogP contribution < -0.4 is 0 Å². The van der Waals surface area contributed by atoms with Crippen LogP contribution in [0, 0.1) is 16.3 Å². The van der Waals surface area contributed by atoms with E-state index in [0.29, 0.717) is 6.54 Å². The number of rotatable bonds is 3. The van der Waals surface area contributed by atoms with Gasteiger partial charge in [0.2, 0.25) is 0 Å². The molecule has 1 aromatic heterocycles. The third-order valence-corrected chi connectivity index (χ3v) is 1.11. The number of hydrogen-bond acceptors (Lipinski definition) is 3. The zero-order valence-corrected chi connectivity index (χ0v) is 5.73. The van der Waals surface area contributed by atoms with Crippen LogP contribution in [0.1, 0.15) is 0 Å². The molecule has 1 aromatic rings. The van der Waals surface area contributed by atoms with Gasteiger partial charge in [-0.2, -0.15) is 0 Å². The highest BCUT2D eigenvalue weighted by Crippen LogP contribution is 2.05. The molecule has 1 rings (SSSR count). The van der Waals surface area contributed by atoms with Crippen LogP contribution in [-0.4, -0.2) is 14.5 Å². The normalized spacial score (nSPS) is 9.45. The Balaban J connectivity index is 2.95. The average Bonchev–Trinajstić information content (AvgIpc) is 2.36. The molecule has 0 aliphatic carbocycles. The van der Waals surface area contributed by atoms with E-state index in [-0.39, 0.29) is 5.95 Å². The molecule has 0 spiro atoms. The number of imidazole rings is 1. The number of nitrogens with zero attached hydrogens (tertiary/aromatic N) is 3. The van der Waals surface area contributed by atoms with E-state index in [4.69, 9.17) is 0 Å². The van der Waals surface area contributed by atoms with E-state index in [2.05, 4.69) is 17.8 Å². The van der Waals surface area contributed by atoms with Gasteiger partial charge in [0.1, 0.15) is 6.20 Å². The zero-order chi connectivity index (χ0) is 8.27. The Kier molecular flexibility index (Phi) is 2.00. The lowest BCUT2D eigenvalue weighted by Crippen LogP contribution is -2.01. The van der Waals surface area contributed by atoms with E-state index in [9.17, 15) is 10.1 Å². The first-order chi connectivity index (χ1) is 5.25. The van der Waals surface area contributed by atoms with Crippen molar-refractivity contribution in [2.45, 2.75) is 6.54 Å². The molecule has 5 nitrogen and oxygen atoms in total. The van der Waals surface area contributed by atoms with Gasteiger partial charge in [-0.05, 0) is 4.92 Å². The van der Waals surface area contributed by atoms with E-state index in [1.165, 1.54) is 10.8 Å². The molecule has 0 atom stereocenters. The van der Waals surface area contributed by atoms with E-state index in [0.717, 1.165) is 0 Å². The minimum absolute atomic E-state index is 0.204. The van der Waals surface area contributed by atoms with E-state index in [1.54, 1.807) is 6.08 Å². The van der Waals surface area contributed by atoms with Crippen molar-refractivity contribution in [3.8, 4) is 0 Å². The van der Waals surface area contributed by atoms with Crippen molar-refractivity contribution in [2.24, 2.45) is 0 Å². The summed E-state index contributed by atoms with van der Waals surface area (Å²) < 4.78 is 1.28. The second-order valence-electron chi connectivity index (χ2n) is 1.84. The lowest BCUT2D eigenvalue weighted by Gasteiger charge is -1.94. The summed E-state index contributed by atoms with van der Waals surface area (Å²) in [5.41, 5.74) is 0. The standard InChI is InChI=1S/C6H6N3O2/c1-2-4-8-5-3-7-6(8)9(10)11/h2-3H,1,4H2. The Hall–Kier alpha value is -1.65. The highest BCUT2D eigenvalue weighted by molar-refractivity contribution is 5.06. The minimum Gasteiger partial charge on any atom is -0.390 e. The Morgan fingerprint density at radius 1 is 2.00 bits per heavy atom. The molecule has 0 fully saturated rings. The van der Waals surface area contributed by atoms with Crippen LogP contribution in [0.3, 0.4) is 0 Å². The van der Waals surface area contributed by atoms with Gasteiger partial charge in [-0.3, -0.25) is 0 Å². The Labute approximate surface area is 63.1 Å². The Bertz CT molecular complexity index is 279. The molecular weight excluding hydrogens is 146 g/mol. The summed E-state index contributed by atoms with van der Waals surface area (Å²) in [6, 6.07) is 0. The molecule has 0 saturated carbocycles. The first kappa shape index (κ1) is 7.46. The molecule has 0 aliphatic rings. The quantitative estimate of drug-likeness (QED) is 0.365. The van der Waals surface area contributed by atoms with Crippen LogP contribution in [-0.2, 0) is 6.54 Å². The van der Waals surface area contributed by atoms with Crippen LogP contribution in [0.15, 0.2) is 18.9 Å². The molecule has 0 amide bonds. The largest absolute Gasteiger partial charge is 0.435 e. The van der Waals surface area contributed by atoms with E-state index in [1.807, 2.05) is 0 Å². The highest BCUT2D eigenvalue weighted by Gasteiger charge is 2.12. The zero-order valence-electron chi connectivity index (χ0n) is 5.73. The van der Waals surface area contributed by atoms with Crippen molar-refractivity contribution in [3.63, 3.8) is 0 Å². The van der Waals surface area contributed by atoms with Crippen molar-refractivity contribution < 1.29 is 4.92 Å². The molecule has 0 bridgehead atoms. The van der Waals surface area contributed by atoms with Gasteiger partial charge in [-0.25, -0.2) is 4.57 Å². The molecule has 0 saturated heterocycles. The van der Waals surface area contributed by atoms with Crippen LogP contribution >= 0.6 is 0 Å². The predicted molar refractivity (Wildman–Crippen MR) is 37.9 cm³/mol. The number of allylic oxidation sites excluding steroid dienone is 1. The molecule has 0 aromatic carbocycles. The summed E-state index contributed by atoms with van der Waals surface area (Å²) in [5.74, 6) is -0.204. The molecule has 1 heterocycles. The van der Waals surface area contributed by atoms with Gasteiger partial charge in [0.25, 0.3) is 0 Å². The summed E-state index contributed by atoms with van der Waals surface area (Å²) in [5, 5.41) is 10.2. The second-order valence-corrected chi connectivity index (χ2v) is 1.84. The Morgan fingerprint density at radius 2 is 2.73 bits per heavy atom. The average molecular weight is 152 g/mol. The first-order valence-corrected chi connectivity index (χ1v) is 2.94. The molecule has 0 N–H and O–H groups in total. The van der Waals surface area contributed by atoms with Crippen LogP contribution in [0.5, 0.6) is 0 Å². The third-order valence-electron chi connectivity index (χ3n) is 1.11. The van der Waals surface area contributed by atoms with E-state index < -0.39 is 4.92 Å². The van der Waals surface area contributed by atoms with Gasteiger partial charge in [0, 0.05) is 0 Å². The Morgan fingerprint density at radius 3 is 3.27 bits per heavy atom. The third kappa shape index (κ3) is 1.43. The summed E-state index contributed by atoms with van der Waals surface area (Å²) in [6.45, 7) is 3.80. The van der Waals surface area contributed by atoms with E-state index >= 15 is 0 Å². The predicted octanol–water partition coefficient (Wildman–Crippen LogP) is 0.777. The van der Waals surface area contributed by atoms with Gasteiger partial charge < -0.3 is 10.1 Å². The van der Waals surface area contributed by atoms with Gasteiger partial charge >= 0.3 is 5.95 Å². The summed E-state index contributed by atoms with van der Waals surface area (Å²) in [6.07, 6.45) is 5.39.